The van der Waals surface area contributed by atoms with Crippen molar-refractivity contribution in [1.82, 2.24) is 5.32 Å². The maximum absolute atomic E-state index is 11.2. The largest absolute Gasteiger partial charge is 0.305 e. The van der Waals surface area contributed by atoms with Crippen LogP contribution in [0.2, 0.25) is 5.02 Å². The van der Waals surface area contributed by atoms with Gasteiger partial charge in [-0.2, -0.15) is 0 Å². The van der Waals surface area contributed by atoms with E-state index in [0.29, 0.717) is 11.6 Å². The van der Waals surface area contributed by atoms with Gasteiger partial charge in [0, 0.05) is 22.5 Å². The minimum absolute atomic E-state index is 0.102. The molecule has 6 heteroatoms. The lowest BCUT2D eigenvalue weighted by Gasteiger charge is -2.10. The number of sulfone groups is 1. The van der Waals surface area contributed by atoms with E-state index in [1.54, 1.807) is 6.08 Å². The third-order valence-electron chi connectivity index (χ3n) is 2.48. The summed E-state index contributed by atoms with van der Waals surface area (Å²) in [5.41, 5.74) is 1.05. The summed E-state index contributed by atoms with van der Waals surface area (Å²) < 4.78 is 23.2. The van der Waals surface area contributed by atoms with E-state index in [9.17, 15) is 8.42 Å². The lowest BCUT2D eigenvalue weighted by Crippen LogP contribution is -2.29. The average Bonchev–Trinajstić information content (AvgIpc) is 2.60. The van der Waals surface area contributed by atoms with Gasteiger partial charge in [0.15, 0.2) is 9.84 Å². The molecule has 0 saturated carbocycles. The van der Waals surface area contributed by atoms with Gasteiger partial charge in [-0.1, -0.05) is 23.7 Å². The van der Waals surface area contributed by atoms with E-state index in [1.807, 2.05) is 18.2 Å². The average molecular weight is 337 g/mol. The Morgan fingerprint density at radius 1 is 1.47 bits per heavy atom. The van der Waals surface area contributed by atoms with Crippen LogP contribution in [0.1, 0.15) is 5.56 Å². The second-order valence-corrected chi connectivity index (χ2v) is 7.09. The molecule has 3 nitrogen and oxygen atoms in total. The van der Waals surface area contributed by atoms with Crippen LogP contribution in [0.4, 0.5) is 0 Å². The highest BCUT2D eigenvalue weighted by molar-refractivity contribution is 9.10. The van der Waals surface area contributed by atoms with E-state index in [4.69, 9.17) is 11.6 Å². The summed E-state index contributed by atoms with van der Waals surface area (Å²) in [5, 5.41) is 5.10. The van der Waals surface area contributed by atoms with Crippen LogP contribution in [0.25, 0.3) is 0 Å². The van der Waals surface area contributed by atoms with Gasteiger partial charge in [0.1, 0.15) is 0 Å². The molecule has 0 amide bonds. The van der Waals surface area contributed by atoms with Crippen LogP contribution >= 0.6 is 27.5 Å². The first-order valence-electron chi connectivity index (χ1n) is 5.04. The molecule has 1 unspecified atom stereocenters. The van der Waals surface area contributed by atoms with E-state index in [-0.39, 0.29) is 11.8 Å². The SMILES string of the molecule is O=S1(=O)C=CC(NCc2ccc(Cl)c(Br)c2)C1. The van der Waals surface area contributed by atoms with Crippen molar-refractivity contribution in [2.75, 3.05) is 5.75 Å². The zero-order valence-corrected chi connectivity index (χ0v) is 12.0. The summed E-state index contributed by atoms with van der Waals surface area (Å²) in [6.45, 7) is 0.611. The molecule has 1 atom stereocenters. The van der Waals surface area contributed by atoms with Crippen molar-refractivity contribution in [3.05, 3.63) is 44.7 Å². The van der Waals surface area contributed by atoms with E-state index >= 15 is 0 Å². The van der Waals surface area contributed by atoms with Crippen molar-refractivity contribution in [2.45, 2.75) is 12.6 Å². The Kier molecular flexibility index (Phi) is 3.92. The number of rotatable bonds is 3. The quantitative estimate of drug-likeness (QED) is 0.922. The predicted molar refractivity (Wildman–Crippen MR) is 72.7 cm³/mol. The molecule has 92 valence electrons. The number of halogens is 2. The topological polar surface area (TPSA) is 46.2 Å². The normalized spacial score (nSPS) is 21.9. The summed E-state index contributed by atoms with van der Waals surface area (Å²) in [7, 11) is -2.99. The Hall–Kier alpha value is -0.360. The van der Waals surface area contributed by atoms with Crippen LogP contribution in [0.3, 0.4) is 0 Å². The Morgan fingerprint density at radius 2 is 2.24 bits per heavy atom. The van der Waals surface area contributed by atoms with Crippen LogP contribution in [-0.2, 0) is 16.4 Å². The number of hydrogen-bond acceptors (Lipinski definition) is 3. The van der Waals surface area contributed by atoms with Gasteiger partial charge in [0.25, 0.3) is 0 Å². The van der Waals surface area contributed by atoms with Gasteiger partial charge in [-0.15, -0.1) is 0 Å². The first kappa shape index (κ1) is 13.1. The Labute approximate surface area is 114 Å². The van der Waals surface area contributed by atoms with Crippen LogP contribution in [0.15, 0.2) is 34.2 Å². The highest BCUT2D eigenvalue weighted by atomic mass is 79.9. The van der Waals surface area contributed by atoms with Crippen molar-refractivity contribution in [1.29, 1.82) is 0 Å². The molecule has 1 N–H and O–H groups in total. The fraction of sp³-hybridized carbons (Fsp3) is 0.273. The highest BCUT2D eigenvalue weighted by Crippen LogP contribution is 2.23. The molecule has 0 fully saturated rings. The summed E-state index contributed by atoms with van der Waals surface area (Å²) in [4.78, 5) is 0. The number of nitrogens with one attached hydrogen (secondary N) is 1. The van der Waals surface area contributed by atoms with Crippen molar-refractivity contribution < 1.29 is 8.42 Å². The predicted octanol–water partition coefficient (Wildman–Crippen LogP) is 2.50. The van der Waals surface area contributed by atoms with Gasteiger partial charge in [-0.05, 0) is 33.6 Å². The van der Waals surface area contributed by atoms with Crippen LogP contribution in [0, 0.1) is 0 Å². The molecule has 1 aromatic rings. The molecule has 1 aliphatic heterocycles. The standard InChI is InChI=1S/C11H11BrClNO2S/c12-10-5-8(1-2-11(10)13)6-14-9-3-4-17(15,16)7-9/h1-5,9,14H,6-7H2. The zero-order chi connectivity index (χ0) is 12.5. The molecule has 1 aliphatic rings. The minimum Gasteiger partial charge on any atom is -0.305 e. The maximum atomic E-state index is 11.2. The smallest absolute Gasteiger partial charge is 0.173 e. The second-order valence-electron chi connectivity index (χ2n) is 3.89. The van der Waals surface area contributed by atoms with E-state index in [1.165, 1.54) is 5.41 Å². The third-order valence-corrected chi connectivity index (χ3v) is 5.09. The molecular weight excluding hydrogens is 326 g/mol. The molecule has 0 saturated heterocycles. The van der Waals surface area contributed by atoms with Crippen LogP contribution < -0.4 is 5.32 Å². The monoisotopic (exact) mass is 335 g/mol. The van der Waals surface area contributed by atoms with E-state index < -0.39 is 9.84 Å². The maximum Gasteiger partial charge on any atom is 0.173 e. The molecule has 2 rings (SSSR count). The molecular formula is C11H11BrClNO2S. The van der Waals surface area contributed by atoms with Crippen LogP contribution in [-0.4, -0.2) is 20.2 Å². The van der Waals surface area contributed by atoms with Crippen molar-refractivity contribution in [2.24, 2.45) is 0 Å². The zero-order valence-electron chi connectivity index (χ0n) is 8.86. The van der Waals surface area contributed by atoms with Gasteiger partial charge in [-0.25, -0.2) is 8.42 Å². The summed E-state index contributed by atoms with van der Waals surface area (Å²) in [5.74, 6) is 0.141. The van der Waals surface area contributed by atoms with Gasteiger partial charge >= 0.3 is 0 Å². The lowest BCUT2D eigenvalue weighted by atomic mass is 10.2. The van der Waals surface area contributed by atoms with E-state index in [0.717, 1.165) is 10.0 Å². The minimum atomic E-state index is -2.99. The molecule has 1 heterocycles. The van der Waals surface area contributed by atoms with Crippen LogP contribution in [0.5, 0.6) is 0 Å². The molecule has 17 heavy (non-hydrogen) atoms. The second kappa shape index (κ2) is 5.10. The van der Waals surface area contributed by atoms with E-state index in [2.05, 4.69) is 21.2 Å². The van der Waals surface area contributed by atoms with Crippen molar-refractivity contribution in [3.63, 3.8) is 0 Å². The van der Waals surface area contributed by atoms with Crippen molar-refractivity contribution >= 4 is 37.4 Å². The van der Waals surface area contributed by atoms with Gasteiger partial charge in [-0.3, -0.25) is 0 Å². The van der Waals surface area contributed by atoms with Gasteiger partial charge < -0.3 is 5.32 Å². The summed E-state index contributed by atoms with van der Waals surface area (Å²) in [6.07, 6.45) is 1.68. The summed E-state index contributed by atoms with van der Waals surface area (Å²) in [6, 6.07) is 5.54. The molecule has 1 aromatic carbocycles. The van der Waals surface area contributed by atoms with Gasteiger partial charge in [0.05, 0.1) is 10.8 Å². The Balaban J connectivity index is 1.95. The fourth-order valence-electron chi connectivity index (χ4n) is 1.60. The first-order chi connectivity index (χ1) is 7.96. The number of benzene rings is 1. The van der Waals surface area contributed by atoms with Gasteiger partial charge in [0.2, 0.25) is 0 Å². The fourth-order valence-corrected chi connectivity index (χ4v) is 3.41. The summed E-state index contributed by atoms with van der Waals surface area (Å²) >= 11 is 9.24. The molecule has 0 aliphatic carbocycles. The lowest BCUT2D eigenvalue weighted by molar-refractivity contribution is 0.590. The molecule has 0 aromatic heterocycles. The molecule has 0 bridgehead atoms. The highest BCUT2D eigenvalue weighted by Gasteiger charge is 2.20. The molecule has 0 spiro atoms. The number of hydrogen-bond donors (Lipinski definition) is 1. The van der Waals surface area contributed by atoms with Crippen molar-refractivity contribution in [3.8, 4) is 0 Å². The third kappa shape index (κ3) is 3.55. The molecule has 0 radical (unpaired) electrons. The Morgan fingerprint density at radius 3 is 2.82 bits per heavy atom. The first-order valence-corrected chi connectivity index (χ1v) is 7.93. The Bertz CT molecular complexity index is 557.